The highest BCUT2D eigenvalue weighted by atomic mass is 16.5. The number of carbonyl (C=O) groups excluding carboxylic acids is 2. The van der Waals surface area contributed by atoms with Crippen molar-refractivity contribution in [3.8, 4) is 0 Å². The van der Waals surface area contributed by atoms with E-state index >= 15 is 0 Å². The molecule has 4 N–H and O–H groups in total. The molecule has 0 fully saturated rings. The summed E-state index contributed by atoms with van der Waals surface area (Å²) >= 11 is 0. The molecule has 0 spiro atoms. The minimum absolute atomic E-state index is 0.191. The molecule has 6 heteroatoms. The summed E-state index contributed by atoms with van der Waals surface area (Å²) in [5, 5.41) is 6.55. The van der Waals surface area contributed by atoms with Crippen LogP contribution in [0.5, 0.6) is 0 Å². The first-order valence-corrected chi connectivity index (χ1v) is 13.0. The van der Waals surface area contributed by atoms with Crippen LogP contribution in [0.3, 0.4) is 0 Å². The van der Waals surface area contributed by atoms with Crippen LogP contribution in [-0.4, -0.2) is 31.1 Å². The van der Waals surface area contributed by atoms with Crippen molar-refractivity contribution in [2.45, 2.75) is 59.0 Å². The number of benzene rings is 3. The molecular weight excluding hydrogens is 462 g/mol. The molecule has 1 heterocycles. The molecule has 3 aromatic rings. The van der Waals surface area contributed by atoms with Gasteiger partial charge < -0.3 is 21.1 Å². The maximum Gasteiger partial charge on any atom is 0.340 e. The van der Waals surface area contributed by atoms with E-state index in [2.05, 4.69) is 61.7 Å². The molecule has 0 saturated carbocycles. The summed E-state index contributed by atoms with van der Waals surface area (Å²) in [4.78, 5) is 26.1. The van der Waals surface area contributed by atoms with Crippen LogP contribution in [0.1, 0.15) is 68.7 Å². The standard InChI is InChI=1S/C31H37N3O3/c1-5-37-31(36)26-17-23(15-22-9-7-6-8-10-22)16-25-28(11-12-33-29(25)26)34-30(35)27(32)18-24-20(3)13-19(2)14-21(24)4/h6-10,13-14,16-17,27-28,33H,5,11-12,15,18,32H2,1-4H3,(H,34,35). The van der Waals surface area contributed by atoms with E-state index in [-0.39, 0.29) is 17.9 Å². The Balaban J connectivity index is 1.60. The maximum atomic E-state index is 13.3. The van der Waals surface area contributed by atoms with Gasteiger partial charge >= 0.3 is 5.97 Å². The van der Waals surface area contributed by atoms with Crippen LogP contribution in [0.2, 0.25) is 0 Å². The lowest BCUT2D eigenvalue weighted by Gasteiger charge is -2.30. The first kappa shape index (κ1) is 26.4. The van der Waals surface area contributed by atoms with Gasteiger partial charge in [-0.25, -0.2) is 4.79 Å². The molecule has 0 bridgehead atoms. The summed E-state index contributed by atoms with van der Waals surface area (Å²) < 4.78 is 5.36. The number of rotatable bonds is 8. The summed E-state index contributed by atoms with van der Waals surface area (Å²) in [5.74, 6) is -0.557. The van der Waals surface area contributed by atoms with E-state index in [0.717, 1.165) is 39.1 Å². The van der Waals surface area contributed by atoms with Crippen LogP contribution in [0.15, 0.2) is 54.6 Å². The molecule has 3 aromatic carbocycles. The minimum Gasteiger partial charge on any atom is -0.462 e. The molecule has 1 aliphatic rings. The fraction of sp³-hybridized carbons (Fsp3) is 0.355. The number of hydrogen-bond donors (Lipinski definition) is 3. The molecule has 194 valence electrons. The van der Waals surface area contributed by atoms with E-state index in [9.17, 15) is 9.59 Å². The number of nitrogens with two attached hydrogens (primary N) is 1. The van der Waals surface area contributed by atoms with Gasteiger partial charge in [0.2, 0.25) is 5.91 Å². The SMILES string of the molecule is CCOC(=O)c1cc(Cc2ccccc2)cc2c1NCCC2NC(=O)C(N)Cc1c(C)cc(C)cc1C. The van der Waals surface area contributed by atoms with Crippen molar-refractivity contribution < 1.29 is 14.3 Å². The Kier molecular flexibility index (Phi) is 8.29. The first-order valence-electron chi connectivity index (χ1n) is 13.0. The topological polar surface area (TPSA) is 93.5 Å². The predicted molar refractivity (Wildman–Crippen MR) is 148 cm³/mol. The minimum atomic E-state index is -0.671. The summed E-state index contributed by atoms with van der Waals surface area (Å²) in [5.41, 5.74) is 15.3. The molecule has 0 saturated heterocycles. The Bertz CT molecular complexity index is 1260. The zero-order valence-corrected chi connectivity index (χ0v) is 22.2. The smallest absolute Gasteiger partial charge is 0.340 e. The zero-order valence-electron chi connectivity index (χ0n) is 22.2. The van der Waals surface area contributed by atoms with Crippen LogP contribution in [0, 0.1) is 20.8 Å². The molecule has 1 amide bonds. The fourth-order valence-corrected chi connectivity index (χ4v) is 5.27. The average molecular weight is 500 g/mol. The van der Waals surface area contributed by atoms with E-state index in [4.69, 9.17) is 10.5 Å². The summed E-state index contributed by atoms with van der Waals surface area (Å²) in [6.45, 7) is 8.93. The van der Waals surface area contributed by atoms with Gasteiger partial charge in [0.25, 0.3) is 0 Å². The fourth-order valence-electron chi connectivity index (χ4n) is 5.27. The third-order valence-corrected chi connectivity index (χ3v) is 7.00. The largest absolute Gasteiger partial charge is 0.462 e. The Morgan fingerprint density at radius 3 is 2.43 bits per heavy atom. The predicted octanol–water partition coefficient (Wildman–Crippen LogP) is 4.92. The van der Waals surface area contributed by atoms with Gasteiger partial charge in [-0.1, -0.05) is 54.1 Å². The molecule has 6 nitrogen and oxygen atoms in total. The van der Waals surface area contributed by atoms with Crippen LogP contribution in [0.4, 0.5) is 5.69 Å². The Labute approximate surface area is 219 Å². The highest BCUT2D eigenvalue weighted by Crippen LogP contribution is 2.35. The third-order valence-electron chi connectivity index (χ3n) is 7.00. The zero-order chi connectivity index (χ0) is 26.5. The van der Waals surface area contributed by atoms with Gasteiger partial charge in [0.15, 0.2) is 0 Å². The van der Waals surface area contributed by atoms with Crippen molar-refractivity contribution >= 4 is 17.6 Å². The quantitative estimate of drug-likeness (QED) is 0.383. The highest BCUT2D eigenvalue weighted by Gasteiger charge is 2.29. The number of esters is 1. The van der Waals surface area contributed by atoms with E-state index in [1.54, 1.807) is 6.92 Å². The lowest BCUT2D eigenvalue weighted by molar-refractivity contribution is -0.123. The normalized spacial score (nSPS) is 15.3. The monoisotopic (exact) mass is 499 g/mol. The number of amides is 1. The van der Waals surface area contributed by atoms with Crippen LogP contribution < -0.4 is 16.4 Å². The number of ether oxygens (including phenoxy) is 1. The van der Waals surface area contributed by atoms with Gasteiger partial charge in [-0.15, -0.1) is 0 Å². The Morgan fingerprint density at radius 2 is 1.76 bits per heavy atom. The van der Waals surface area contributed by atoms with Crippen LogP contribution >= 0.6 is 0 Å². The summed E-state index contributed by atoms with van der Waals surface area (Å²) in [6.07, 6.45) is 1.85. The molecule has 0 radical (unpaired) electrons. The van der Waals surface area contributed by atoms with E-state index in [0.29, 0.717) is 38.0 Å². The summed E-state index contributed by atoms with van der Waals surface area (Å²) in [7, 11) is 0. The van der Waals surface area contributed by atoms with Crippen molar-refractivity contribution in [1.82, 2.24) is 5.32 Å². The number of carbonyl (C=O) groups is 2. The van der Waals surface area contributed by atoms with Crippen molar-refractivity contribution in [3.05, 3.63) is 99.1 Å². The molecule has 4 rings (SSSR count). The van der Waals surface area contributed by atoms with Gasteiger partial charge in [-0.3, -0.25) is 4.79 Å². The third kappa shape index (κ3) is 6.20. The number of hydrogen-bond acceptors (Lipinski definition) is 5. The number of aryl methyl sites for hydroxylation is 3. The maximum absolute atomic E-state index is 13.3. The van der Waals surface area contributed by atoms with Crippen molar-refractivity contribution in [3.63, 3.8) is 0 Å². The lowest BCUT2D eigenvalue weighted by Crippen LogP contribution is -2.45. The molecule has 2 atom stereocenters. The molecule has 1 aliphatic heterocycles. The Morgan fingerprint density at radius 1 is 1.05 bits per heavy atom. The molecule has 37 heavy (non-hydrogen) atoms. The number of fused-ring (bicyclic) bond motifs is 1. The average Bonchev–Trinajstić information content (AvgIpc) is 2.86. The second-order valence-corrected chi connectivity index (χ2v) is 9.95. The van der Waals surface area contributed by atoms with Crippen LogP contribution in [-0.2, 0) is 22.4 Å². The lowest BCUT2D eigenvalue weighted by atomic mass is 9.90. The summed E-state index contributed by atoms with van der Waals surface area (Å²) in [6, 6.07) is 17.4. The van der Waals surface area contributed by atoms with Gasteiger partial charge in [-0.05, 0) is 86.4 Å². The van der Waals surface area contributed by atoms with E-state index in [1.165, 1.54) is 5.56 Å². The van der Waals surface area contributed by atoms with Gasteiger partial charge in [0, 0.05) is 6.54 Å². The molecular formula is C31H37N3O3. The van der Waals surface area contributed by atoms with Gasteiger partial charge in [-0.2, -0.15) is 0 Å². The number of nitrogens with one attached hydrogen (secondary N) is 2. The molecule has 2 unspecified atom stereocenters. The van der Waals surface area contributed by atoms with Crippen LogP contribution in [0.25, 0.3) is 0 Å². The first-order chi connectivity index (χ1) is 17.8. The van der Waals surface area contributed by atoms with Crippen molar-refractivity contribution in [2.24, 2.45) is 5.73 Å². The second-order valence-electron chi connectivity index (χ2n) is 9.95. The van der Waals surface area contributed by atoms with Gasteiger partial charge in [0.1, 0.15) is 0 Å². The highest BCUT2D eigenvalue weighted by molar-refractivity contribution is 5.97. The number of anilines is 1. The van der Waals surface area contributed by atoms with E-state index < -0.39 is 6.04 Å². The Hall–Kier alpha value is -3.64. The second kappa shape index (κ2) is 11.6. The van der Waals surface area contributed by atoms with Gasteiger partial charge in [0.05, 0.1) is 29.9 Å². The van der Waals surface area contributed by atoms with E-state index in [1.807, 2.05) is 24.3 Å². The molecule has 0 aromatic heterocycles. The van der Waals surface area contributed by atoms with Crippen molar-refractivity contribution in [2.75, 3.05) is 18.5 Å². The molecule has 0 aliphatic carbocycles. The van der Waals surface area contributed by atoms with Crippen molar-refractivity contribution in [1.29, 1.82) is 0 Å².